The molecule has 3 rings (SSSR count). The number of nitrogens with zero attached hydrogens (tertiary/aromatic N) is 2. The van der Waals surface area contributed by atoms with Gasteiger partial charge in [0.05, 0.1) is 13.3 Å². The maximum Gasteiger partial charge on any atom is 0.354 e. The Bertz CT molecular complexity index is 924. The summed E-state index contributed by atoms with van der Waals surface area (Å²) in [5.74, 6) is -0.647. The van der Waals surface area contributed by atoms with Crippen LogP contribution in [0.2, 0.25) is 5.02 Å². The smallest absolute Gasteiger partial charge is 0.354 e. The van der Waals surface area contributed by atoms with E-state index in [0.29, 0.717) is 27.2 Å². The van der Waals surface area contributed by atoms with E-state index in [-0.39, 0.29) is 11.4 Å². The maximum absolute atomic E-state index is 14.0. The van der Waals surface area contributed by atoms with Gasteiger partial charge in [-0.2, -0.15) is 0 Å². The molecule has 0 spiro atoms. The molecule has 5 nitrogen and oxygen atoms in total. The number of carboxylic acid groups (broad SMARTS) is 1. The van der Waals surface area contributed by atoms with E-state index in [1.54, 1.807) is 37.4 Å². The lowest BCUT2D eigenvalue weighted by atomic mass is 10.2. The lowest BCUT2D eigenvalue weighted by Gasteiger charge is -2.11. The highest BCUT2D eigenvalue weighted by Crippen LogP contribution is 2.30. The van der Waals surface area contributed by atoms with Crippen LogP contribution >= 0.6 is 23.4 Å². The van der Waals surface area contributed by atoms with Crippen molar-refractivity contribution in [1.82, 2.24) is 9.55 Å². The van der Waals surface area contributed by atoms with E-state index in [1.165, 1.54) is 34.7 Å². The molecule has 0 aliphatic heterocycles. The molecule has 1 aromatic heterocycles. The number of hydrogen-bond donors (Lipinski definition) is 1. The Morgan fingerprint density at radius 3 is 2.65 bits per heavy atom. The molecule has 2 aromatic carbocycles. The zero-order valence-corrected chi connectivity index (χ0v) is 15.2. The summed E-state index contributed by atoms with van der Waals surface area (Å²) in [5.41, 5.74) is 0.973. The van der Waals surface area contributed by atoms with Crippen LogP contribution in [-0.2, 0) is 5.75 Å². The van der Waals surface area contributed by atoms with E-state index in [1.807, 2.05) is 0 Å². The third-order valence-corrected chi connectivity index (χ3v) is 5.02. The van der Waals surface area contributed by atoms with Gasteiger partial charge in [-0.05, 0) is 36.4 Å². The van der Waals surface area contributed by atoms with Crippen LogP contribution in [0.25, 0.3) is 5.69 Å². The fraction of sp³-hybridized carbons (Fsp3) is 0.111. The minimum atomic E-state index is -1.11. The number of methoxy groups -OCH3 is 1. The Morgan fingerprint density at radius 1 is 1.31 bits per heavy atom. The Morgan fingerprint density at radius 2 is 2.04 bits per heavy atom. The summed E-state index contributed by atoms with van der Waals surface area (Å²) in [5, 5.41) is 10.2. The first kappa shape index (κ1) is 18.3. The third-order valence-electron chi connectivity index (χ3n) is 3.69. The van der Waals surface area contributed by atoms with Gasteiger partial charge >= 0.3 is 5.97 Å². The van der Waals surface area contributed by atoms with E-state index < -0.39 is 11.8 Å². The van der Waals surface area contributed by atoms with Gasteiger partial charge in [0.1, 0.15) is 11.6 Å². The first-order chi connectivity index (χ1) is 12.5. The SMILES string of the molecule is COc1ccc(-n2c(C(=O)O)cnc2SCc2c(F)cccc2Cl)cc1. The number of imidazole rings is 1. The molecular weight excluding hydrogens is 379 g/mol. The third kappa shape index (κ3) is 3.68. The summed E-state index contributed by atoms with van der Waals surface area (Å²) in [7, 11) is 1.55. The topological polar surface area (TPSA) is 64.3 Å². The molecule has 0 bridgehead atoms. The maximum atomic E-state index is 14.0. The van der Waals surface area contributed by atoms with Crippen molar-refractivity contribution in [3.63, 3.8) is 0 Å². The highest BCUT2D eigenvalue weighted by molar-refractivity contribution is 7.98. The minimum Gasteiger partial charge on any atom is -0.497 e. The van der Waals surface area contributed by atoms with Crippen LogP contribution in [0.4, 0.5) is 4.39 Å². The van der Waals surface area contributed by atoms with Crippen LogP contribution < -0.4 is 4.74 Å². The van der Waals surface area contributed by atoms with E-state index in [2.05, 4.69) is 4.98 Å². The van der Waals surface area contributed by atoms with Gasteiger partial charge in [0, 0.05) is 22.0 Å². The second-order valence-electron chi connectivity index (χ2n) is 5.25. The predicted octanol–water partition coefficient (Wildman–Crippen LogP) is 4.66. The van der Waals surface area contributed by atoms with Crippen molar-refractivity contribution in [3.8, 4) is 11.4 Å². The molecule has 1 N–H and O–H groups in total. The lowest BCUT2D eigenvalue weighted by molar-refractivity contribution is 0.0687. The molecule has 0 radical (unpaired) electrons. The standard InChI is InChI=1S/C18H14ClFN2O3S/c1-25-12-7-5-11(6-8-12)22-16(17(23)24)9-21-18(22)26-10-13-14(19)3-2-4-15(13)20/h2-9H,10H2,1H3,(H,23,24). The van der Waals surface area contributed by atoms with Gasteiger partial charge in [-0.3, -0.25) is 4.57 Å². The highest BCUT2D eigenvalue weighted by atomic mass is 35.5. The normalized spacial score (nSPS) is 10.7. The molecule has 0 atom stereocenters. The van der Waals surface area contributed by atoms with Crippen LogP contribution in [0, 0.1) is 5.82 Å². The van der Waals surface area contributed by atoms with Gasteiger partial charge in [0.25, 0.3) is 0 Å². The molecule has 0 unspecified atom stereocenters. The van der Waals surface area contributed by atoms with Gasteiger partial charge in [-0.25, -0.2) is 14.2 Å². The first-order valence-electron chi connectivity index (χ1n) is 7.52. The highest BCUT2D eigenvalue weighted by Gasteiger charge is 2.18. The Balaban J connectivity index is 1.96. The van der Waals surface area contributed by atoms with Gasteiger partial charge in [0.15, 0.2) is 10.9 Å². The number of carbonyl (C=O) groups is 1. The Hall–Kier alpha value is -2.51. The monoisotopic (exact) mass is 392 g/mol. The molecule has 0 aliphatic rings. The van der Waals surface area contributed by atoms with E-state index in [4.69, 9.17) is 16.3 Å². The van der Waals surface area contributed by atoms with Crippen molar-refractivity contribution in [3.05, 3.63) is 70.8 Å². The summed E-state index contributed by atoms with van der Waals surface area (Å²) in [4.78, 5) is 15.7. The second kappa shape index (κ2) is 7.80. The van der Waals surface area contributed by atoms with Crippen molar-refractivity contribution in [1.29, 1.82) is 0 Å². The second-order valence-corrected chi connectivity index (χ2v) is 6.60. The summed E-state index contributed by atoms with van der Waals surface area (Å²) in [6.45, 7) is 0. The number of halogens is 2. The molecule has 134 valence electrons. The molecule has 26 heavy (non-hydrogen) atoms. The molecule has 0 fully saturated rings. The minimum absolute atomic E-state index is 0.0114. The number of carboxylic acids is 1. The van der Waals surface area contributed by atoms with Crippen molar-refractivity contribution < 1.29 is 19.0 Å². The molecular formula is C18H14ClFN2O3S. The number of thioether (sulfide) groups is 1. The lowest BCUT2D eigenvalue weighted by Crippen LogP contribution is -2.07. The number of ether oxygens (including phenoxy) is 1. The number of aromatic carboxylic acids is 1. The molecule has 0 saturated heterocycles. The van der Waals surface area contributed by atoms with Gasteiger partial charge in [0.2, 0.25) is 0 Å². The molecule has 3 aromatic rings. The van der Waals surface area contributed by atoms with E-state index in [9.17, 15) is 14.3 Å². The Kier molecular flexibility index (Phi) is 5.49. The molecule has 0 amide bonds. The molecule has 0 saturated carbocycles. The fourth-order valence-corrected chi connectivity index (χ4v) is 3.71. The molecule has 1 heterocycles. The molecule has 8 heteroatoms. The van der Waals surface area contributed by atoms with Crippen molar-refractivity contribution in [2.45, 2.75) is 10.9 Å². The Labute approximate surface area is 158 Å². The van der Waals surface area contributed by atoms with Crippen molar-refractivity contribution >= 4 is 29.3 Å². The van der Waals surface area contributed by atoms with Crippen LogP contribution in [0.1, 0.15) is 16.1 Å². The average molecular weight is 393 g/mol. The average Bonchev–Trinajstić information content (AvgIpc) is 3.05. The predicted molar refractivity (Wildman–Crippen MR) is 98.0 cm³/mol. The largest absolute Gasteiger partial charge is 0.497 e. The summed E-state index contributed by atoms with van der Waals surface area (Å²) in [6.07, 6.45) is 1.28. The van der Waals surface area contributed by atoms with Gasteiger partial charge in [-0.1, -0.05) is 29.4 Å². The number of rotatable bonds is 6. The molecule has 0 aliphatic carbocycles. The zero-order chi connectivity index (χ0) is 18.7. The first-order valence-corrected chi connectivity index (χ1v) is 8.88. The quantitative estimate of drug-likeness (QED) is 0.618. The van der Waals surface area contributed by atoms with Crippen molar-refractivity contribution in [2.24, 2.45) is 0 Å². The number of hydrogen-bond acceptors (Lipinski definition) is 4. The number of aromatic nitrogens is 2. The van der Waals surface area contributed by atoms with Crippen LogP contribution in [-0.4, -0.2) is 27.7 Å². The van der Waals surface area contributed by atoms with Gasteiger partial charge in [-0.15, -0.1) is 0 Å². The van der Waals surface area contributed by atoms with Crippen molar-refractivity contribution in [2.75, 3.05) is 7.11 Å². The number of benzene rings is 2. The summed E-state index contributed by atoms with van der Waals surface area (Å²) in [6, 6.07) is 11.4. The van der Waals surface area contributed by atoms with E-state index >= 15 is 0 Å². The fourth-order valence-electron chi connectivity index (χ4n) is 2.38. The van der Waals surface area contributed by atoms with Crippen LogP contribution in [0.5, 0.6) is 5.75 Å². The summed E-state index contributed by atoms with van der Waals surface area (Å²) < 4.78 is 20.6. The van der Waals surface area contributed by atoms with Crippen LogP contribution in [0.3, 0.4) is 0 Å². The van der Waals surface area contributed by atoms with Crippen LogP contribution in [0.15, 0.2) is 53.8 Å². The summed E-state index contributed by atoms with van der Waals surface area (Å²) >= 11 is 7.26. The van der Waals surface area contributed by atoms with E-state index in [0.717, 1.165) is 0 Å². The zero-order valence-electron chi connectivity index (χ0n) is 13.6. The van der Waals surface area contributed by atoms with Gasteiger partial charge < -0.3 is 9.84 Å².